The quantitative estimate of drug-likeness (QED) is 0.663. The third-order valence-electron chi connectivity index (χ3n) is 2.13. The second-order valence-electron chi connectivity index (χ2n) is 3.83. The highest BCUT2D eigenvalue weighted by molar-refractivity contribution is 7.95. The van der Waals surface area contributed by atoms with Gasteiger partial charge in [-0.15, -0.1) is 0 Å². The van der Waals surface area contributed by atoms with Crippen LogP contribution < -0.4 is 9.44 Å². The summed E-state index contributed by atoms with van der Waals surface area (Å²) in [5, 5.41) is 0. The van der Waals surface area contributed by atoms with E-state index in [1.807, 2.05) is 0 Å². The first-order chi connectivity index (χ1) is 5.79. The lowest BCUT2D eigenvalue weighted by Gasteiger charge is -2.22. The van der Waals surface area contributed by atoms with Crippen molar-refractivity contribution in [1.82, 2.24) is 9.44 Å². The largest absolute Gasteiger partial charge is 0.248 e. The Balaban J connectivity index is 1.98. The van der Waals surface area contributed by atoms with E-state index in [-0.39, 0.29) is 0 Å². The number of nitrogens with one attached hydrogen (secondary N) is 2. The molecule has 0 bridgehead atoms. The van der Waals surface area contributed by atoms with E-state index in [4.69, 9.17) is 0 Å². The van der Waals surface area contributed by atoms with Gasteiger partial charge >= 0.3 is 0 Å². The second-order valence-corrected chi connectivity index (χ2v) is 4.50. The molecule has 0 spiro atoms. The Hall–Kier alpha value is 0.270. The zero-order valence-corrected chi connectivity index (χ0v) is 8.91. The molecule has 0 amide bonds. The lowest BCUT2D eigenvalue weighted by Crippen LogP contribution is -2.30. The number of hydrogen-bond acceptors (Lipinski definition) is 3. The minimum absolute atomic E-state index is 0.561. The highest BCUT2D eigenvalue weighted by Crippen LogP contribution is 2.18. The van der Waals surface area contributed by atoms with Crippen LogP contribution in [0, 0.1) is 0 Å². The molecular formula is C9H20N2S. The summed E-state index contributed by atoms with van der Waals surface area (Å²) in [4.78, 5) is 0. The van der Waals surface area contributed by atoms with Gasteiger partial charge in [-0.25, -0.2) is 9.44 Å². The molecule has 1 rings (SSSR count). The molecule has 0 saturated heterocycles. The summed E-state index contributed by atoms with van der Waals surface area (Å²) in [5.41, 5.74) is 0. The van der Waals surface area contributed by atoms with E-state index in [9.17, 15) is 0 Å². The topological polar surface area (TPSA) is 24.1 Å². The maximum absolute atomic E-state index is 3.46. The van der Waals surface area contributed by atoms with E-state index >= 15 is 0 Å². The van der Waals surface area contributed by atoms with Crippen LogP contribution in [0.1, 0.15) is 46.0 Å². The van der Waals surface area contributed by atoms with Crippen molar-refractivity contribution in [3.05, 3.63) is 0 Å². The Labute approximate surface area is 80.1 Å². The van der Waals surface area contributed by atoms with Crippen molar-refractivity contribution < 1.29 is 0 Å². The molecule has 1 fully saturated rings. The zero-order valence-electron chi connectivity index (χ0n) is 8.10. The van der Waals surface area contributed by atoms with Crippen molar-refractivity contribution in [2.24, 2.45) is 0 Å². The van der Waals surface area contributed by atoms with Gasteiger partial charge in [-0.05, 0) is 26.7 Å². The van der Waals surface area contributed by atoms with Crippen molar-refractivity contribution in [1.29, 1.82) is 0 Å². The van der Waals surface area contributed by atoms with Crippen molar-refractivity contribution in [3.63, 3.8) is 0 Å². The fourth-order valence-electron chi connectivity index (χ4n) is 1.46. The predicted molar refractivity (Wildman–Crippen MR) is 55.9 cm³/mol. The molecule has 0 aromatic rings. The van der Waals surface area contributed by atoms with Crippen molar-refractivity contribution >= 4 is 12.1 Å². The average molecular weight is 188 g/mol. The zero-order chi connectivity index (χ0) is 8.81. The van der Waals surface area contributed by atoms with Crippen LogP contribution in [0.3, 0.4) is 0 Å². The van der Waals surface area contributed by atoms with Crippen LogP contribution in [0.25, 0.3) is 0 Å². The van der Waals surface area contributed by atoms with Crippen molar-refractivity contribution in [2.75, 3.05) is 0 Å². The molecule has 12 heavy (non-hydrogen) atoms. The molecule has 0 heterocycles. The minimum atomic E-state index is 0.561. The highest BCUT2D eigenvalue weighted by Gasteiger charge is 2.12. The Kier molecular flexibility index (Phi) is 5.04. The molecule has 0 aliphatic heterocycles. The first-order valence-electron chi connectivity index (χ1n) is 4.96. The summed E-state index contributed by atoms with van der Waals surface area (Å²) >= 11 is 1.67. The minimum Gasteiger partial charge on any atom is -0.248 e. The van der Waals surface area contributed by atoms with Gasteiger partial charge < -0.3 is 0 Å². The lowest BCUT2D eigenvalue weighted by molar-refractivity contribution is 0.422. The second kappa shape index (κ2) is 5.84. The summed E-state index contributed by atoms with van der Waals surface area (Å²) in [5.74, 6) is 0. The van der Waals surface area contributed by atoms with Gasteiger partial charge in [0.1, 0.15) is 0 Å². The summed E-state index contributed by atoms with van der Waals surface area (Å²) in [6.07, 6.45) is 6.94. The van der Waals surface area contributed by atoms with Gasteiger partial charge in [-0.1, -0.05) is 19.3 Å². The molecule has 2 nitrogen and oxygen atoms in total. The van der Waals surface area contributed by atoms with E-state index in [0.717, 1.165) is 6.04 Å². The van der Waals surface area contributed by atoms with Crippen LogP contribution in [0.4, 0.5) is 0 Å². The number of rotatable bonds is 4. The maximum Gasteiger partial charge on any atom is 0.0183 e. The van der Waals surface area contributed by atoms with E-state index in [0.29, 0.717) is 6.04 Å². The highest BCUT2D eigenvalue weighted by atomic mass is 32.2. The van der Waals surface area contributed by atoms with Crippen molar-refractivity contribution in [2.45, 2.75) is 58.0 Å². The molecule has 1 saturated carbocycles. The summed E-state index contributed by atoms with van der Waals surface area (Å²) in [7, 11) is 0. The fraction of sp³-hybridized carbons (Fsp3) is 1.00. The summed E-state index contributed by atoms with van der Waals surface area (Å²) in [6.45, 7) is 4.32. The molecule has 2 N–H and O–H groups in total. The molecule has 0 radical (unpaired) electrons. The third kappa shape index (κ3) is 4.33. The van der Waals surface area contributed by atoms with Gasteiger partial charge in [-0.2, -0.15) is 0 Å². The standard InChI is InChI=1S/C9H20N2S/c1-8(2)10-12-11-9-6-4-3-5-7-9/h8-11H,3-7H2,1-2H3. The summed E-state index contributed by atoms with van der Waals surface area (Å²) < 4.78 is 6.76. The van der Waals surface area contributed by atoms with Crippen LogP contribution in [0.15, 0.2) is 0 Å². The fourth-order valence-corrected chi connectivity index (χ4v) is 2.16. The molecule has 0 aromatic heterocycles. The van der Waals surface area contributed by atoms with Crippen LogP contribution in [0.5, 0.6) is 0 Å². The normalized spacial score (nSPS) is 20.2. The molecule has 72 valence electrons. The number of hydrogen-bond donors (Lipinski definition) is 2. The summed E-state index contributed by atoms with van der Waals surface area (Å²) in [6, 6.07) is 1.31. The van der Waals surface area contributed by atoms with Crippen LogP contribution >= 0.6 is 12.1 Å². The Morgan fingerprint density at radius 2 is 1.83 bits per heavy atom. The van der Waals surface area contributed by atoms with E-state index in [1.165, 1.54) is 32.1 Å². The first kappa shape index (κ1) is 10.4. The van der Waals surface area contributed by atoms with Gasteiger partial charge in [0, 0.05) is 24.2 Å². The van der Waals surface area contributed by atoms with E-state index < -0.39 is 0 Å². The van der Waals surface area contributed by atoms with Gasteiger partial charge in [0.2, 0.25) is 0 Å². The van der Waals surface area contributed by atoms with Crippen LogP contribution in [-0.2, 0) is 0 Å². The Morgan fingerprint density at radius 3 is 2.42 bits per heavy atom. The van der Waals surface area contributed by atoms with Crippen LogP contribution in [-0.4, -0.2) is 12.1 Å². The molecular weight excluding hydrogens is 168 g/mol. The lowest BCUT2D eigenvalue weighted by atomic mass is 9.96. The Bertz CT molecular complexity index is 111. The monoisotopic (exact) mass is 188 g/mol. The molecule has 0 atom stereocenters. The van der Waals surface area contributed by atoms with E-state index in [1.54, 1.807) is 12.1 Å². The van der Waals surface area contributed by atoms with Gasteiger partial charge in [-0.3, -0.25) is 0 Å². The SMILES string of the molecule is CC(C)NSNC1CCCCC1. The Morgan fingerprint density at radius 1 is 1.17 bits per heavy atom. The molecule has 0 aromatic carbocycles. The van der Waals surface area contributed by atoms with Crippen molar-refractivity contribution in [3.8, 4) is 0 Å². The molecule has 1 aliphatic carbocycles. The van der Waals surface area contributed by atoms with Gasteiger partial charge in [0.05, 0.1) is 0 Å². The first-order valence-corrected chi connectivity index (χ1v) is 5.77. The average Bonchev–Trinajstić information content (AvgIpc) is 2.05. The van der Waals surface area contributed by atoms with Gasteiger partial charge in [0.25, 0.3) is 0 Å². The smallest absolute Gasteiger partial charge is 0.0183 e. The van der Waals surface area contributed by atoms with Crippen LogP contribution in [0.2, 0.25) is 0 Å². The maximum atomic E-state index is 3.46. The third-order valence-corrected chi connectivity index (χ3v) is 3.17. The molecule has 0 unspecified atom stereocenters. The molecule has 1 aliphatic rings. The molecule has 3 heteroatoms. The van der Waals surface area contributed by atoms with E-state index in [2.05, 4.69) is 23.3 Å². The van der Waals surface area contributed by atoms with Gasteiger partial charge in [0.15, 0.2) is 0 Å². The predicted octanol–water partition coefficient (Wildman–Crippen LogP) is 2.47.